The number of benzene rings is 2. The molecule has 0 N–H and O–H groups in total. The molecular weight excluding hydrogens is 434 g/mol. The molecule has 1 aliphatic rings. The Morgan fingerprint density at radius 1 is 0.970 bits per heavy atom. The first-order valence-electron chi connectivity index (χ1n) is 11.4. The summed E-state index contributed by atoms with van der Waals surface area (Å²) in [6.07, 6.45) is 0.479. The molecule has 1 aromatic heterocycles. The zero-order valence-electron chi connectivity index (χ0n) is 18.9. The lowest BCUT2D eigenvalue weighted by atomic mass is 10.1. The molecule has 0 bridgehead atoms. The van der Waals surface area contributed by atoms with Crippen LogP contribution in [0.2, 0.25) is 0 Å². The van der Waals surface area contributed by atoms with Gasteiger partial charge in [-0.3, -0.25) is 14.5 Å². The summed E-state index contributed by atoms with van der Waals surface area (Å²) in [6.45, 7) is 6.31. The fourth-order valence-electron chi connectivity index (χ4n) is 3.90. The summed E-state index contributed by atoms with van der Waals surface area (Å²) in [6, 6.07) is 17.3. The Hall–Kier alpha value is -3.03. The molecule has 0 saturated carbocycles. The molecule has 172 valence electrons. The van der Waals surface area contributed by atoms with Gasteiger partial charge in [0.25, 0.3) is 0 Å². The van der Waals surface area contributed by atoms with Crippen LogP contribution in [-0.4, -0.2) is 59.3 Å². The number of thiazole rings is 1. The van der Waals surface area contributed by atoms with Gasteiger partial charge in [-0.15, -0.1) is 11.3 Å². The largest absolute Gasteiger partial charge is 0.494 e. The average molecular weight is 464 g/mol. The Kier molecular flexibility index (Phi) is 7.86. The topological polar surface area (TPSA) is 62.7 Å². The quantitative estimate of drug-likeness (QED) is 0.437. The smallest absolute Gasteiger partial charge is 0.223 e. The van der Waals surface area contributed by atoms with Gasteiger partial charge in [0, 0.05) is 62.1 Å². The summed E-state index contributed by atoms with van der Waals surface area (Å²) in [7, 11) is 0. The predicted octanol–water partition coefficient (Wildman–Crippen LogP) is 4.52. The first kappa shape index (κ1) is 23.1. The molecule has 1 amide bonds. The molecule has 1 saturated heterocycles. The van der Waals surface area contributed by atoms with Crippen LogP contribution < -0.4 is 4.74 Å². The van der Waals surface area contributed by atoms with E-state index >= 15 is 0 Å². The van der Waals surface area contributed by atoms with Crippen molar-refractivity contribution in [2.24, 2.45) is 0 Å². The highest BCUT2D eigenvalue weighted by atomic mass is 32.1. The van der Waals surface area contributed by atoms with Crippen molar-refractivity contribution < 1.29 is 14.3 Å². The third-order valence-corrected chi connectivity index (χ3v) is 6.68. The molecular formula is C26H29N3O3S. The zero-order chi connectivity index (χ0) is 23.0. The molecule has 7 heteroatoms. The van der Waals surface area contributed by atoms with Gasteiger partial charge in [0.15, 0.2) is 5.78 Å². The van der Waals surface area contributed by atoms with Crippen molar-refractivity contribution in [3.8, 4) is 16.3 Å². The molecule has 33 heavy (non-hydrogen) atoms. The molecule has 4 rings (SSSR count). The minimum Gasteiger partial charge on any atom is -0.494 e. The second-order valence-corrected chi connectivity index (χ2v) is 8.91. The van der Waals surface area contributed by atoms with Crippen LogP contribution in [0, 0.1) is 0 Å². The highest BCUT2D eigenvalue weighted by Crippen LogP contribution is 2.24. The number of hydrogen-bond donors (Lipinski definition) is 0. The minimum absolute atomic E-state index is 0.0113. The van der Waals surface area contributed by atoms with Crippen molar-refractivity contribution in [1.82, 2.24) is 14.8 Å². The van der Waals surface area contributed by atoms with Gasteiger partial charge in [-0.25, -0.2) is 4.98 Å². The maximum Gasteiger partial charge on any atom is 0.223 e. The maximum atomic E-state index is 12.6. The van der Waals surface area contributed by atoms with Crippen LogP contribution in [0.15, 0.2) is 60.0 Å². The lowest BCUT2D eigenvalue weighted by Gasteiger charge is -2.34. The van der Waals surface area contributed by atoms with E-state index in [0.717, 1.165) is 41.6 Å². The molecule has 0 spiro atoms. The van der Waals surface area contributed by atoms with E-state index in [-0.39, 0.29) is 24.5 Å². The van der Waals surface area contributed by atoms with E-state index in [1.54, 1.807) is 35.6 Å². The van der Waals surface area contributed by atoms with Gasteiger partial charge < -0.3 is 9.64 Å². The highest BCUT2D eigenvalue weighted by Gasteiger charge is 2.22. The van der Waals surface area contributed by atoms with Gasteiger partial charge in [-0.1, -0.05) is 30.3 Å². The van der Waals surface area contributed by atoms with Crippen molar-refractivity contribution in [3.05, 3.63) is 71.2 Å². The van der Waals surface area contributed by atoms with Crippen LogP contribution in [0.3, 0.4) is 0 Å². The lowest BCUT2D eigenvalue weighted by Crippen LogP contribution is -2.48. The van der Waals surface area contributed by atoms with Crippen molar-refractivity contribution in [1.29, 1.82) is 0 Å². The number of ketones is 1. The van der Waals surface area contributed by atoms with Crippen LogP contribution in [0.25, 0.3) is 10.6 Å². The average Bonchev–Trinajstić information content (AvgIpc) is 3.32. The molecule has 0 aliphatic carbocycles. The number of nitrogens with zero attached hydrogens (tertiary/aromatic N) is 3. The number of hydrogen-bond acceptors (Lipinski definition) is 6. The minimum atomic E-state index is -0.0113. The van der Waals surface area contributed by atoms with Gasteiger partial charge in [0.05, 0.1) is 12.3 Å². The van der Waals surface area contributed by atoms with Gasteiger partial charge in [-0.2, -0.15) is 0 Å². The summed E-state index contributed by atoms with van der Waals surface area (Å²) in [4.78, 5) is 34.0. The summed E-state index contributed by atoms with van der Waals surface area (Å²) >= 11 is 1.67. The summed E-state index contributed by atoms with van der Waals surface area (Å²) in [5, 5.41) is 3.16. The number of carbonyl (C=O) groups excluding carboxylic acids is 2. The monoisotopic (exact) mass is 463 g/mol. The van der Waals surface area contributed by atoms with Crippen LogP contribution in [0.4, 0.5) is 0 Å². The summed E-state index contributed by atoms with van der Waals surface area (Å²) in [5.74, 6) is 0.786. The molecule has 2 heterocycles. The number of amides is 1. The summed E-state index contributed by atoms with van der Waals surface area (Å²) < 4.78 is 5.41. The normalized spacial score (nSPS) is 14.3. The molecule has 2 aromatic carbocycles. The first-order chi connectivity index (χ1) is 16.1. The SMILES string of the molecule is CCOc1ccc(C(=O)CCC(=O)N2CCN(Cc3csc(-c4ccccc4)n3)CC2)cc1. The van der Waals surface area contributed by atoms with Crippen LogP contribution in [-0.2, 0) is 11.3 Å². The van der Waals surface area contributed by atoms with E-state index in [2.05, 4.69) is 22.4 Å². The number of rotatable bonds is 9. The van der Waals surface area contributed by atoms with Crippen molar-refractivity contribution in [2.45, 2.75) is 26.3 Å². The van der Waals surface area contributed by atoms with Crippen molar-refractivity contribution in [2.75, 3.05) is 32.8 Å². The number of Topliss-reactive ketones (excluding diaryl/α,β-unsaturated/α-hetero) is 1. The number of piperazine rings is 1. The molecule has 1 fully saturated rings. The summed E-state index contributed by atoms with van der Waals surface area (Å²) in [5.41, 5.74) is 2.83. The van der Waals surface area contributed by atoms with Gasteiger partial charge in [0.2, 0.25) is 5.91 Å². The molecule has 0 atom stereocenters. The second-order valence-electron chi connectivity index (χ2n) is 8.05. The third kappa shape index (κ3) is 6.27. The van der Waals surface area contributed by atoms with Gasteiger partial charge in [-0.05, 0) is 31.2 Å². The van der Waals surface area contributed by atoms with Crippen LogP contribution in [0.5, 0.6) is 5.75 Å². The molecule has 3 aromatic rings. The molecule has 0 unspecified atom stereocenters. The number of ether oxygens (including phenoxy) is 1. The van der Waals surface area contributed by atoms with E-state index in [4.69, 9.17) is 9.72 Å². The Morgan fingerprint density at radius 3 is 2.39 bits per heavy atom. The van der Waals surface area contributed by atoms with E-state index in [9.17, 15) is 9.59 Å². The fraction of sp³-hybridized carbons (Fsp3) is 0.346. The zero-order valence-corrected chi connectivity index (χ0v) is 19.7. The van der Waals surface area contributed by atoms with E-state index in [1.807, 2.05) is 30.0 Å². The van der Waals surface area contributed by atoms with Crippen LogP contribution in [0.1, 0.15) is 35.8 Å². The number of carbonyl (C=O) groups is 2. The second kappa shape index (κ2) is 11.2. The van der Waals surface area contributed by atoms with E-state index in [1.165, 1.54) is 0 Å². The molecule has 6 nitrogen and oxygen atoms in total. The van der Waals surface area contributed by atoms with Gasteiger partial charge in [0.1, 0.15) is 10.8 Å². The van der Waals surface area contributed by atoms with Gasteiger partial charge >= 0.3 is 0 Å². The Morgan fingerprint density at radius 2 is 1.70 bits per heavy atom. The molecule has 1 aliphatic heterocycles. The molecule has 0 radical (unpaired) electrons. The standard InChI is InChI=1S/C26H29N3O3S/c1-2-32-23-10-8-20(9-11-23)24(30)12-13-25(31)29-16-14-28(15-17-29)18-22-19-33-26(27-22)21-6-4-3-5-7-21/h3-11,19H,2,12-18H2,1H3. The van der Waals surface area contributed by atoms with Crippen LogP contribution >= 0.6 is 11.3 Å². The maximum absolute atomic E-state index is 12.6. The fourth-order valence-corrected chi connectivity index (χ4v) is 4.72. The Labute approximate surface area is 198 Å². The Bertz CT molecular complexity index is 1060. The highest BCUT2D eigenvalue weighted by molar-refractivity contribution is 7.13. The first-order valence-corrected chi connectivity index (χ1v) is 12.3. The van der Waals surface area contributed by atoms with Crippen molar-refractivity contribution in [3.63, 3.8) is 0 Å². The van der Waals surface area contributed by atoms with E-state index in [0.29, 0.717) is 25.3 Å². The predicted molar refractivity (Wildman–Crippen MR) is 131 cm³/mol. The third-order valence-electron chi connectivity index (χ3n) is 5.74. The lowest BCUT2D eigenvalue weighted by molar-refractivity contribution is -0.133. The number of aromatic nitrogens is 1. The Balaban J connectivity index is 1.20. The van der Waals surface area contributed by atoms with Crippen molar-refractivity contribution >= 4 is 23.0 Å². The van der Waals surface area contributed by atoms with E-state index < -0.39 is 0 Å².